The average Bonchev–Trinajstić information content (AvgIpc) is 3.23. The molecule has 1 saturated carbocycles. The maximum absolute atomic E-state index is 12.5. The van der Waals surface area contributed by atoms with Crippen molar-refractivity contribution in [2.24, 2.45) is 5.41 Å². The molecule has 4 heteroatoms. The molecule has 3 aliphatic rings. The van der Waals surface area contributed by atoms with Gasteiger partial charge in [-0.1, -0.05) is 13.8 Å². The third-order valence-corrected chi connectivity index (χ3v) is 5.33. The molecule has 2 aliphatic heterocycles. The number of nitrogens with zero attached hydrogens (tertiary/aromatic N) is 1. The van der Waals surface area contributed by atoms with E-state index in [9.17, 15) is 4.79 Å². The lowest BCUT2D eigenvalue weighted by molar-refractivity contribution is -0.127. The van der Waals surface area contributed by atoms with Crippen LogP contribution in [0.4, 0.5) is 0 Å². The predicted octanol–water partition coefficient (Wildman–Crippen LogP) is 1.51. The van der Waals surface area contributed by atoms with Gasteiger partial charge in [0.15, 0.2) is 0 Å². The van der Waals surface area contributed by atoms with E-state index in [1.807, 2.05) is 0 Å². The average molecular weight is 279 g/mol. The zero-order valence-electron chi connectivity index (χ0n) is 13.0. The molecule has 0 radical (unpaired) electrons. The molecule has 0 aromatic carbocycles. The normalized spacial score (nSPS) is 32.0. The molecule has 3 rings (SSSR count). The number of likely N-dealkylation sites (tertiary alicyclic amines) is 1. The number of piperidine rings is 2. The van der Waals surface area contributed by atoms with Crippen molar-refractivity contribution in [3.8, 4) is 0 Å². The Balaban J connectivity index is 1.48. The fourth-order valence-electron chi connectivity index (χ4n) is 3.79. The molecule has 3 fully saturated rings. The standard InChI is InChI=1S/C16H29N3O/c1-16(2)8-3-9-17-14(16)15(20)18-12-6-10-19(11-7-12)13-4-5-13/h12-14,17H,3-11H2,1-2H3,(H,18,20). The molecule has 0 aromatic rings. The number of hydrogen-bond acceptors (Lipinski definition) is 3. The minimum atomic E-state index is -0.0160. The topological polar surface area (TPSA) is 44.4 Å². The smallest absolute Gasteiger partial charge is 0.237 e. The van der Waals surface area contributed by atoms with E-state index in [0.717, 1.165) is 44.9 Å². The Morgan fingerprint density at radius 2 is 1.90 bits per heavy atom. The molecule has 114 valence electrons. The van der Waals surface area contributed by atoms with Gasteiger partial charge in [0.2, 0.25) is 5.91 Å². The van der Waals surface area contributed by atoms with Gasteiger partial charge in [0.25, 0.3) is 0 Å². The van der Waals surface area contributed by atoms with Gasteiger partial charge in [-0.05, 0) is 50.5 Å². The molecule has 0 bridgehead atoms. The Labute approximate surface area is 122 Å². The number of carbonyl (C=O) groups excluding carboxylic acids is 1. The van der Waals surface area contributed by atoms with Gasteiger partial charge in [0, 0.05) is 25.2 Å². The molecule has 1 unspecified atom stereocenters. The number of rotatable bonds is 3. The zero-order valence-corrected chi connectivity index (χ0v) is 13.0. The Morgan fingerprint density at radius 1 is 1.20 bits per heavy atom. The van der Waals surface area contributed by atoms with Crippen molar-refractivity contribution >= 4 is 5.91 Å². The van der Waals surface area contributed by atoms with Crippen LogP contribution in [0, 0.1) is 5.41 Å². The van der Waals surface area contributed by atoms with E-state index in [0.29, 0.717) is 6.04 Å². The van der Waals surface area contributed by atoms with E-state index >= 15 is 0 Å². The predicted molar refractivity (Wildman–Crippen MR) is 80.6 cm³/mol. The van der Waals surface area contributed by atoms with Crippen molar-refractivity contribution in [1.82, 2.24) is 15.5 Å². The highest BCUT2D eigenvalue weighted by molar-refractivity contribution is 5.83. The minimum absolute atomic E-state index is 0.0160. The summed E-state index contributed by atoms with van der Waals surface area (Å²) in [6, 6.07) is 1.24. The summed E-state index contributed by atoms with van der Waals surface area (Å²) in [4.78, 5) is 15.1. The van der Waals surface area contributed by atoms with Crippen LogP contribution < -0.4 is 10.6 Å². The number of nitrogens with one attached hydrogen (secondary N) is 2. The lowest BCUT2D eigenvalue weighted by atomic mass is 9.77. The van der Waals surface area contributed by atoms with E-state index in [2.05, 4.69) is 29.4 Å². The Hall–Kier alpha value is -0.610. The summed E-state index contributed by atoms with van der Waals surface area (Å²) in [6.45, 7) is 7.72. The molecule has 1 amide bonds. The molecule has 2 heterocycles. The highest BCUT2D eigenvalue weighted by Gasteiger charge is 2.38. The number of amides is 1. The van der Waals surface area contributed by atoms with Crippen LogP contribution in [-0.2, 0) is 4.79 Å². The van der Waals surface area contributed by atoms with E-state index in [4.69, 9.17) is 0 Å². The second kappa shape index (κ2) is 5.64. The lowest BCUT2D eigenvalue weighted by Gasteiger charge is -2.40. The van der Waals surface area contributed by atoms with E-state index in [1.165, 1.54) is 19.3 Å². The summed E-state index contributed by atoms with van der Waals surface area (Å²) in [5, 5.41) is 6.71. The monoisotopic (exact) mass is 279 g/mol. The summed E-state index contributed by atoms with van der Waals surface area (Å²) in [5.41, 5.74) is 0.0804. The van der Waals surface area contributed by atoms with E-state index in [-0.39, 0.29) is 17.4 Å². The summed E-state index contributed by atoms with van der Waals surface area (Å²) in [7, 11) is 0. The van der Waals surface area contributed by atoms with Gasteiger partial charge >= 0.3 is 0 Å². The van der Waals surface area contributed by atoms with Gasteiger partial charge in [-0.2, -0.15) is 0 Å². The molecular formula is C16H29N3O. The van der Waals surface area contributed by atoms with Crippen LogP contribution in [0.2, 0.25) is 0 Å². The highest BCUT2D eigenvalue weighted by Crippen LogP contribution is 2.31. The molecule has 0 spiro atoms. The largest absolute Gasteiger partial charge is 0.352 e. The van der Waals surface area contributed by atoms with Crippen LogP contribution in [0.5, 0.6) is 0 Å². The lowest BCUT2D eigenvalue weighted by Crippen LogP contribution is -2.58. The molecule has 2 saturated heterocycles. The van der Waals surface area contributed by atoms with Crippen molar-refractivity contribution < 1.29 is 4.79 Å². The summed E-state index contributed by atoms with van der Waals surface area (Å²) in [6.07, 6.45) is 7.33. The van der Waals surface area contributed by atoms with Crippen LogP contribution in [0.3, 0.4) is 0 Å². The fraction of sp³-hybridized carbons (Fsp3) is 0.938. The fourth-order valence-corrected chi connectivity index (χ4v) is 3.79. The summed E-state index contributed by atoms with van der Waals surface area (Å²) >= 11 is 0. The second-order valence-electron chi connectivity index (χ2n) is 7.53. The first-order valence-electron chi connectivity index (χ1n) is 8.34. The minimum Gasteiger partial charge on any atom is -0.352 e. The highest BCUT2D eigenvalue weighted by atomic mass is 16.2. The van der Waals surface area contributed by atoms with Gasteiger partial charge in [0.1, 0.15) is 0 Å². The Morgan fingerprint density at radius 3 is 2.50 bits per heavy atom. The second-order valence-corrected chi connectivity index (χ2v) is 7.53. The molecule has 0 aromatic heterocycles. The summed E-state index contributed by atoms with van der Waals surface area (Å²) < 4.78 is 0. The van der Waals surface area contributed by atoms with Crippen molar-refractivity contribution in [2.45, 2.75) is 70.5 Å². The van der Waals surface area contributed by atoms with Gasteiger partial charge in [0.05, 0.1) is 6.04 Å². The Bertz CT molecular complexity index is 357. The zero-order chi connectivity index (χ0) is 14.2. The van der Waals surface area contributed by atoms with Gasteiger partial charge in [-0.25, -0.2) is 0 Å². The van der Waals surface area contributed by atoms with Crippen molar-refractivity contribution in [1.29, 1.82) is 0 Å². The first kappa shape index (κ1) is 14.3. The van der Waals surface area contributed by atoms with Crippen LogP contribution in [0.25, 0.3) is 0 Å². The van der Waals surface area contributed by atoms with Gasteiger partial charge in [-0.3, -0.25) is 4.79 Å². The third kappa shape index (κ3) is 3.17. The van der Waals surface area contributed by atoms with Crippen LogP contribution in [0.15, 0.2) is 0 Å². The van der Waals surface area contributed by atoms with Crippen molar-refractivity contribution in [3.05, 3.63) is 0 Å². The van der Waals surface area contributed by atoms with Crippen LogP contribution >= 0.6 is 0 Å². The molecule has 4 nitrogen and oxygen atoms in total. The van der Waals surface area contributed by atoms with E-state index in [1.54, 1.807) is 0 Å². The molecule has 2 N–H and O–H groups in total. The van der Waals surface area contributed by atoms with Crippen molar-refractivity contribution in [3.63, 3.8) is 0 Å². The molecular weight excluding hydrogens is 250 g/mol. The van der Waals surface area contributed by atoms with Crippen LogP contribution in [0.1, 0.15) is 52.4 Å². The molecule has 1 aliphatic carbocycles. The van der Waals surface area contributed by atoms with Gasteiger partial charge < -0.3 is 15.5 Å². The SMILES string of the molecule is CC1(C)CCCNC1C(=O)NC1CCN(C2CC2)CC1. The quantitative estimate of drug-likeness (QED) is 0.823. The maximum atomic E-state index is 12.5. The maximum Gasteiger partial charge on any atom is 0.237 e. The first-order valence-corrected chi connectivity index (χ1v) is 8.34. The van der Waals surface area contributed by atoms with E-state index < -0.39 is 0 Å². The first-order chi connectivity index (χ1) is 9.56. The number of hydrogen-bond donors (Lipinski definition) is 2. The molecule has 20 heavy (non-hydrogen) atoms. The third-order valence-electron chi connectivity index (χ3n) is 5.33. The Kier molecular flexibility index (Phi) is 4.04. The summed E-state index contributed by atoms with van der Waals surface area (Å²) in [5.74, 6) is 0.222. The molecule has 1 atom stereocenters. The van der Waals surface area contributed by atoms with Gasteiger partial charge in [-0.15, -0.1) is 0 Å². The van der Waals surface area contributed by atoms with Crippen molar-refractivity contribution in [2.75, 3.05) is 19.6 Å². The number of carbonyl (C=O) groups is 1. The van der Waals surface area contributed by atoms with Crippen LogP contribution in [-0.4, -0.2) is 48.6 Å².